The van der Waals surface area contributed by atoms with E-state index in [4.69, 9.17) is 4.74 Å². The zero-order valence-electron chi connectivity index (χ0n) is 22.8. The van der Waals surface area contributed by atoms with Crippen molar-refractivity contribution in [3.63, 3.8) is 0 Å². The lowest BCUT2D eigenvalue weighted by atomic mass is 9.96. The molecule has 3 aromatic carbocycles. The van der Waals surface area contributed by atoms with Crippen LogP contribution in [0.4, 0.5) is 23.2 Å². The molecule has 6 rings (SSSR count). The maximum absolute atomic E-state index is 14.7. The van der Waals surface area contributed by atoms with E-state index in [9.17, 15) is 36.0 Å². The van der Waals surface area contributed by atoms with Crippen LogP contribution in [0.3, 0.4) is 0 Å². The van der Waals surface area contributed by atoms with E-state index in [1.165, 1.54) is 19.2 Å². The monoisotopic (exact) mass is 639 g/mol. The van der Waals surface area contributed by atoms with Crippen LogP contribution in [0.15, 0.2) is 83.1 Å². The van der Waals surface area contributed by atoms with E-state index in [1.54, 1.807) is 35.7 Å². The Balaban J connectivity index is 1.62. The minimum absolute atomic E-state index is 0.0755. The number of hydrogen-bond acceptors (Lipinski definition) is 7. The van der Waals surface area contributed by atoms with E-state index in [0.717, 1.165) is 33.5 Å². The number of nitriles is 1. The van der Waals surface area contributed by atoms with Crippen LogP contribution >= 0.6 is 11.3 Å². The Morgan fingerprint density at radius 1 is 1.05 bits per heavy atom. The number of carbonyl (C=O) groups excluding carboxylic acids is 1. The highest BCUT2D eigenvalue weighted by atomic mass is 32.2. The van der Waals surface area contributed by atoms with Gasteiger partial charge in [-0.25, -0.2) is 16.8 Å². The fraction of sp³-hybridized carbons (Fsp3) is 0.161. The Kier molecular flexibility index (Phi) is 7.22. The third-order valence-electron chi connectivity index (χ3n) is 7.54. The molecule has 0 bridgehead atoms. The number of methoxy groups -OCH3 is 1. The van der Waals surface area contributed by atoms with Gasteiger partial charge in [0.25, 0.3) is 10.0 Å². The molecule has 0 spiro atoms. The number of alkyl halides is 3. The zero-order chi connectivity index (χ0) is 31.4. The molecule has 7 nitrogen and oxygen atoms in total. The molecule has 0 N–H and O–H groups in total. The molecule has 0 unspecified atom stereocenters. The summed E-state index contributed by atoms with van der Waals surface area (Å²) in [5.41, 5.74) is 0.890. The fourth-order valence-corrected chi connectivity index (χ4v) is 7.62. The average molecular weight is 640 g/mol. The molecule has 1 saturated heterocycles. The van der Waals surface area contributed by atoms with Crippen LogP contribution in [-0.4, -0.2) is 38.6 Å². The SMILES string of the molecule is COC(=O)C1CN(c2cccc(-c3c(-c4ccsc4C#N)c4cc(F)ccc4n3S(=O)(=O)c3ccc(C(F)(F)F)cc3)c2)C1. The summed E-state index contributed by atoms with van der Waals surface area (Å²) in [6, 6.07) is 17.3. The van der Waals surface area contributed by atoms with E-state index in [-0.39, 0.29) is 38.9 Å². The van der Waals surface area contributed by atoms with Crippen LogP contribution in [0.5, 0.6) is 0 Å². The van der Waals surface area contributed by atoms with E-state index in [1.807, 2.05) is 4.90 Å². The second-order valence-corrected chi connectivity index (χ2v) is 12.8. The van der Waals surface area contributed by atoms with Crippen molar-refractivity contribution < 1.29 is 35.5 Å². The smallest absolute Gasteiger partial charge is 0.416 e. The summed E-state index contributed by atoms with van der Waals surface area (Å²) >= 11 is 1.13. The Morgan fingerprint density at radius 2 is 1.77 bits per heavy atom. The Bertz CT molecular complexity index is 2070. The van der Waals surface area contributed by atoms with Gasteiger partial charge in [0.15, 0.2) is 0 Å². The number of ether oxygens (including phenoxy) is 1. The molecule has 1 aliphatic heterocycles. The van der Waals surface area contributed by atoms with Crippen molar-refractivity contribution in [1.82, 2.24) is 3.97 Å². The molecule has 13 heteroatoms. The van der Waals surface area contributed by atoms with Gasteiger partial charge in [-0.15, -0.1) is 11.3 Å². The molecule has 0 atom stereocenters. The third-order valence-corrected chi connectivity index (χ3v) is 10.1. The predicted molar refractivity (Wildman–Crippen MR) is 157 cm³/mol. The van der Waals surface area contributed by atoms with Crippen LogP contribution in [0.1, 0.15) is 10.4 Å². The minimum Gasteiger partial charge on any atom is -0.469 e. The van der Waals surface area contributed by atoms with Crippen LogP contribution in [-0.2, 0) is 25.7 Å². The summed E-state index contributed by atoms with van der Waals surface area (Å²) in [4.78, 5) is 13.7. The molecule has 0 radical (unpaired) electrons. The Morgan fingerprint density at radius 3 is 2.43 bits per heavy atom. The molecular formula is C31H21F4N3O4S2. The van der Waals surface area contributed by atoms with Crippen LogP contribution in [0, 0.1) is 23.1 Å². The van der Waals surface area contributed by atoms with Gasteiger partial charge in [-0.05, 0) is 66.0 Å². The third kappa shape index (κ3) is 4.89. The first kappa shape index (κ1) is 29.4. The summed E-state index contributed by atoms with van der Waals surface area (Å²) < 4.78 is 89.1. The lowest BCUT2D eigenvalue weighted by molar-refractivity contribution is -0.146. The highest BCUT2D eigenvalue weighted by Crippen LogP contribution is 2.46. The van der Waals surface area contributed by atoms with Crippen molar-refractivity contribution in [2.75, 3.05) is 25.1 Å². The summed E-state index contributed by atoms with van der Waals surface area (Å²) in [5.74, 6) is -1.31. The summed E-state index contributed by atoms with van der Waals surface area (Å²) in [6.07, 6.45) is -4.67. The number of carbonyl (C=O) groups is 1. The van der Waals surface area contributed by atoms with E-state index >= 15 is 0 Å². The molecule has 224 valence electrons. The van der Waals surface area contributed by atoms with Gasteiger partial charge in [0, 0.05) is 40.9 Å². The number of fused-ring (bicyclic) bond motifs is 1. The molecule has 3 heterocycles. The van der Waals surface area contributed by atoms with Crippen molar-refractivity contribution in [3.05, 3.63) is 94.4 Å². The lowest BCUT2D eigenvalue weighted by Crippen LogP contribution is -2.50. The van der Waals surface area contributed by atoms with Crippen molar-refractivity contribution in [2.45, 2.75) is 11.1 Å². The van der Waals surface area contributed by atoms with Gasteiger partial charge in [-0.2, -0.15) is 18.4 Å². The highest BCUT2D eigenvalue weighted by molar-refractivity contribution is 7.90. The van der Waals surface area contributed by atoms with Gasteiger partial charge < -0.3 is 9.64 Å². The molecule has 1 fully saturated rings. The first-order valence-electron chi connectivity index (χ1n) is 13.1. The number of halogens is 4. The maximum Gasteiger partial charge on any atom is 0.416 e. The van der Waals surface area contributed by atoms with Crippen molar-refractivity contribution >= 4 is 43.9 Å². The van der Waals surface area contributed by atoms with Gasteiger partial charge in [0.2, 0.25) is 0 Å². The quantitative estimate of drug-likeness (QED) is 0.148. The molecule has 0 aliphatic carbocycles. The number of aromatic nitrogens is 1. The Hall–Kier alpha value is -4.67. The van der Waals surface area contributed by atoms with Gasteiger partial charge in [-0.1, -0.05) is 12.1 Å². The second kappa shape index (κ2) is 10.8. The normalized spacial score (nSPS) is 14.0. The number of thiophene rings is 1. The highest BCUT2D eigenvalue weighted by Gasteiger charge is 2.35. The molecule has 5 aromatic rings. The van der Waals surface area contributed by atoms with Gasteiger partial charge in [0.1, 0.15) is 16.8 Å². The first-order chi connectivity index (χ1) is 20.9. The van der Waals surface area contributed by atoms with Crippen molar-refractivity contribution in [2.24, 2.45) is 5.92 Å². The second-order valence-electron chi connectivity index (χ2n) is 10.1. The largest absolute Gasteiger partial charge is 0.469 e. The topological polar surface area (TPSA) is 92.4 Å². The maximum atomic E-state index is 14.7. The fourth-order valence-electron chi connectivity index (χ4n) is 5.39. The van der Waals surface area contributed by atoms with E-state index in [2.05, 4.69) is 6.07 Å². The number of anilines is 1. The van der Waals surface area contributed by atoms with Crippen LogP contribution in [0.25, 0.3) is 33.3 Å². The summed E-state index contributed by atoms with van der Waals surface area (Å²) in [7, 11) is -3.27. The number of nitrogens with zero attached hydrogens (tertiary/aromatic N) is 3. The van der Waals surface area contributed by atoms with Gasteiger partial charge >= 0.3 is 12.1 Å². The molecular weight excluding hydrogens is 618 g/mol. The molecule has 2 aromatic heterocycles. The molecule has 44 heavy (non-hydrogen) atoms. The van der Waals surface area contributed by atoms with Gasteiger partial charge in [-0.3, -0.25) is 4.79 Å². The number of hydrogen-bond donors (Lipinski definition) is 0. The molecule has 0 amide bonds. The molecule has 0 saturated carbocycles. The van der Waals surface area contributed by atoms with Gasteiger partial charge in [0.05, 0.1) is 34.7 Å². The van der Waals surface area contributed by atoms with Crippen molar-refractivity contribution in [3.8, 4) is 28.5 Å². The average Bonchev–Trinajstić information content (AvgIpc) is 3.58. The number of benzene rings is 3. The Labute approximate surface area is 253 Å². The standard InChI is InChI=1S/C31H21F4N3O4S2/c1-42-30(39)19-16-37(17-19)22-4-2-3-18(13-22)29-28(24-11-12-43-27(24)15-36)25-14-21(32)7-10-26(25)38(29)44(40,41)23-8-5-20(6-9-23)31(33,34)35/h2-14,19H,16-17H2,1H3. The minimum atomic E-state index is -4.67. The van der Waals surface area contributed by atoms with E-state index in [0.29, 0.717) is 42.0 Å². The first-order valence-corrected chi connectivity index (χ1v) is 15.4. The number of esters is 1. The molecule has 1 aliphatic rings. The lowest BCUT2D eigenvalue weighted by Gasteiger charge is -2.39. The van der Waals surface area contributed by atoms with E-state index < -0.39 is 32.5 Å². The predicted octanol–water partition coefficient (Wildman–Crippen LogP) is 6.91. The van der Waals surface area contributed by atoms with Crippen LogP contribution < -0.4 is 4.90 Å². The number of rotatable bonds is 6. The van der Waals surface area contributed by atoms with Crippen LogP contribution in [0.2, 0.25) is 0 Å². The van der Waals surface area contributed by atoms with Crippen molar-refractivity contribution in [1.29, 1.82) is 5.26 Å². The summed E-state index contributed by atoms with van der Waals surface area (Å²) in [6.45, 7) is 0.758. The summed E-state index contributed by atoms with van der Waals surface area (Å²) in [5, 5.41) is 11.7. The zero-order valence-corrected chi connectivity index (χ0v) is 24.4.